The van der Waals surface area contributed by atoms with Crippen LogP contribution in [0.2, 0.25) is 0 Å². The minimum absolute atomic E-state index is 0.441. The van der Waals surface area contributed by atoms with Gasteiger partial charge in [0.15, 0.2) is 0 Å². The molecule has 2 bridgehead atoms. The second kappa shape index (κ2) is 4.09. The third-order valence-electron chi connectivity index (χ3n) is 6.42. The maximum atomic E-state index is 6.55. The van der Waals surface area contributed by atoms with Gasteiger partial charge in [0.1, 0.15) is 0 Å². The lowest BCUT2D eigenvalue weighted by Gasteiger charge is -2.40. The molecule has 0 heterocycles. The van der Waals surface area contributed by atoms with Crippen molar-refractivity contribution in [2.24, 2.45) is 16.7 Å². The maximum Gasteiger partial charge on any atom is 0.0696 e. The first kappa shape index (κ1) is 12.7. The van der Waals surface area contributed by atoms with Gasteiger partial charge in [-0.2, -0.15) is 0 Å². The zero-order valence-corrected chi connectivity index (χ0v) is 13.5. The summed E-state index contributed by atoms with van der Waals surface area (Å²) in [4.78, 5) is 0. The fraction of sp³-hybridized carbons (Fsp3) is 1.00. The fourth-order valence-corrected chi connectivity index (χ4v) is 5.55. The van der Waals surface area contributed by atoms with Gasteiger partial charge in [0.25, 0.3) is 0 Å². The van der Waals surface area contributed by atoms with Gasteiger partial charge < -0.3 is 4.74 Å². The SMILES string of the molecule is CC1(C)C2CCC1(C)C(OC1CCCC1I)C2. The van der Waals surface area contributed by atoms with Crippen molar-refractivity contribution in [3.8, 4) is 0 Å². The van der Waals surface area contributed by atoms with Crippen LogP contribution in [0, 0.1) is 16.7 Å². The molecule has 3 aliphatic rings. The molecule has 0 aliphatic heterocycles. The highest BCUT2D eigenvalue weighted by atomic mass is 127. The molecule has 3 fully saturated rings. The molecule has 0 N–H and O–H groups in total. The summed E-state index contributed by atoms with van der Waals surface area (Å²) in [6, 6.07) is 0. The summed E-state index contributed by atoms with van der Waals surface area (Å²) >= 11 is 2.60. The first-order valence-corrected chi connectivity index (χ1v) is 8.49. The molecule has 2 heteroatoms. The third-order valence-corrected chi connectivity index (χ3v) is 7.85. The van der Waals surface area contributed by atoms with E-state index >= 15 is 0 Å². The smallest absolute Gasteiger partial charge is 0.0696 e. The summed E-state index contributed by atoms with van der Waals surface area (Å²) in [5.41, 5.74) is 0.938. The van der Waals surface area contributed by atoms with Crippen LogP contribution in [-0.4, -0.2) is 16.1 Å². The van der Waals surface area contributed by atoms with E-state index < -0.39 is 0 Å². The van der Waals surface area contributed by atoms with E-state index in [2.05, 4.69) is 43.4 Å². The summed E-state index contributed by atoms with van der Waals surface area (Å²) in [7, 11) is 0. The Kier molecular flexibility index (Phi) is 3.06. The molecule has 17 heavy (non-hydrogen) atoms. The molecule has 5 atom stereocenters. The highest BCUT2D eigenvalue weighted by Crippen LogP contribution is 2.66. The van der Waals surface area contributed by atoms with Crippen LogP contribution in [0.5, 0.6) is 0 Å². The van der Waals surface area contributed by atoms with Crippen molar-refractivity contribution in [1.82, 2.24) is 0 Å². The molecule has 3 rings (SSSR count). The second-order valence-corrected chi connectivity index (χ2v) is 8.82. The Balaban J connectivity index is 1.74. The zero-order valence-electron chi connectivity index (χ0n) is 11.3. The number of ether oxygens (including phenoxy) is 1. The molecule has 0 aromatic heterocycles. The Morgan fingerprint density at radius 3 is 2.35 bits per heavy atom. The van der Waals surface area contributed by atoms with Crippen LogP contribution in [-0.2, 0) is 4.74 Å². The molecule has 0 aromatic carbocycles. The molecule has 98 valence electrons. The van der Waals surface area contributed by atoms with Crippen LogP contribution in [0.15, 0.2) is 0 Å². The first-order chi connectivity index (χ1) is 7.95. The molecular weight excluding hydrogens is 323 g/mol. The normalized spacial score (nSPS) is 52.2. The van der Waals surface area contributed by atoms with Crippen LogP contribution in [0.4, 0.5) is 0 Å². The van der Waals surface area contributed by atoms with Crippen molar-refractivity contribution in [3.05, 3.63) is 0 Å². The number of rotatable bonds is 2. The quantitative estimate of drug-likeness (QED) is 0.525. The third kappa shape index (κ3) is 1.73. The van der Waals surface area contributed by atoms with Crippen molar-refractivity contribution in [2.45, 2.75) is 75.4 Å². The van der Waals surface area contributed by atoms with Gasteiger partial charge in [0, 0.05) is 3.92 Å². The number of halogens is 1. The summed E-state index contributed by atoms with van der Waals surface area (Å²) in [6.07, 6.45) is 9.25. The molecule has 0 radical (unpaired) electrons. The van der Waals surface area contributed by atoms with Gasteiger partial charge in [-0.05, 0) is 55.3 Å². The molecule has 1 nitrogen and oxygen atoms in total. The minimum atomic E-state index is 0.441. The second-order valence-electron chi connectivity index (χ2n) is 7.22. The van der Waals surface area contributed by atoms with E-state index in [1.807, 2.05) is 0 Å². The molecule has 3 saturated carbocycles. The largest absolute Gasteiger partial charge is 0.373 e. The summed E-state index contributed by atoms with van der Waals surface area (Å²) in [5.74, 6) is 0.909. The highest BCUT2D eigenvalue weighted by Gasteiger charge is 2.62. The van der Waals surface area contributed by atoms with Gasteiger partial charge in [-0.15, -0.1) is 0 Å². The Morgan fingerprint density at radius 2 is 1.88 bits per heavy atom. The molecular formula is C15H25IO. The van der Waals surface area contributed by atoms with Crippen LogP contribution < -0.4 is 0 Å². The average Bonchev–Trinajstić information content (AvgIpc) is 2.81. The van der Waals surface area contributed by atoms with Gasteiger partial charge in [-0.1, -0.05) is 43.4 Å². The van der Waals surface area contributed by atoms with E-state index in [1.54, 1.807) is 0 Å². The number of alkyl halides is 1. The predicted molar refractivity (Wildman–Crippen MR) is 79.5 cm³/mol. The van der Waals surface area contributed by atoms with E-state index in [0.29, 0.717) is 23.0 Å². The predicted octanol–water partition coefficient (Wildman–Crippen LogP) is 4.57. The minimum Gasteiger partial charge on any atom is -0.373 e. The van der Waals surface area contributed by atoms with Crippen molar-refractivity contribution in [1.29, 1.82) is 0 Å². The van der Waals surface area contributed by atoms with Crippen LogP contribution >= 0.6 is 22.6 Å². The van der Waals surface area contributed by atoms with Crippen LogP contribution in [0.25, 0.3) is 0 Å². The Hall–Kier alpha value is 0.690. The number of hydrogen-bond donors (Lipinski definition) is 0. The molecule has 0 spiro atoms. The van der Waals surface area contributed by atoms with E-state index in [-0.39, 0.29) is 0 Å². The first-order valence-electron chi connectivity index (χ1n) is 7.25. The van der Waals surface area contributed by atoms with Crippen molar-refractivity contribution in [3.63, 3.8) is 0 Å². The lowest BCUT2D eigenvalue weighted by atomic mass is 9.70. The van der Waals surface area contributed by atoms with Crippen molar-refractivity contribution < 1.29 is 4.74 Å². The molecule has 0 amide bonds. The van der Waals surface area contributed by atoms with Crippen LogP contribution in [0.1, 0.15) is 59.3 Å². The lowest BCUT2D eigenvalue weighted by molar-refractivity contribution is -0.0807. The van der Waals surface area contributed by atoms with Crippen molar-refractivity contribution in [2.75, 3.05) is 0 Å². The van der Waals surface area contributed by atoms with E-state index in [9.17, 15) is 0 Å². The average molecular weight is 348 g/mol. The lowest BCUT2D eigenvalue weighted by Crippen LogP contribution is -2.40. The maximum absolute atomic E-state index is 6.55. The monoisotopic (exact) mass is 348 g/mol. The van der Waals surface area contributed by atoms with E-state index in [0.717, 1.165) is 9.84 Å². The molecule has 5 unspecified atom stereocenters. The number of fused-ring (bicyclic) bond motifs is 2. The van der Waals surface area contributed by atoms with Crippen molar-refractivity contribution >= 4 is 22.6 Å². The summed E-state index contributed by atoms with van der Waals surface area (Å²) < 4.78 is 7.31. The molecule has 0 aromatic rings. The van der Waals surface area contributed by atoms with Gasteiger partial charge >= 0.3 is 0 Å². The molecule has 0 saturated heterocycles. The summed E-state index contributed by atoms with van der Waals surface area (Å²) in [5, 5.41) is 0. The Morgan fingerprint density at radius 1 is 1.12 bits per heavy atom. The van der Waals surface area contributed by atoms with Gasteiger partial charge in [0.2, 0.25) is 0 Å². The van der Waals surface area contributed by atoms with E-state index in [1.165, 1.54) is 38.5 Å². The standard InChI is InChI=1S/C15H25IO/c1-14(2)10-7-8-15(14,3)13(9-10)17-12-6-4-5-11(12)16/h10-13H,4-9H2,1-3H3. The zero-order chi connectivity index (χ0) is 12.3. The van der Waals surface area contributed by atoms with E-state index in [4.69, 9.17) is 4.74 Å². The summed E-state index contributed by atoms with van der Waals surface area (Å²) in [6.45, 7) is 7.44. The highest BCUT2D eigenvalue weighted by molar-refractivity contribution is 14.1. The topological polar surface area (TPSA) is 9.23 Å². The van der Waals surface area contributed by atoms with Crippen LogP contribution in [0.3, 0.4) is 0 Å². The van der Waals surface area contributed by atoms with Gasteiger partial charge in [-0.25, -0.2) is 0 Å². The van der Waals surface area contributed by atoms with Gasteiger partial charge in [0.05, 0.1) is 12.2 Å². The Bertz CT molecular complexity index is 314. The Labute approximate surface area is 119 Å². The fourth-order valence-electron chi connectivity index (χ4n) is 4.58. The molecule has 3 aliphatic carbocycles. The van der Waals surface area contributed by atoms with Gasteiger partial charge in [-0.3, -0.25) is 0 Å². The number of hydrogen-bond acceptors (Lipinski definition) is 1.